The third-order valence-electron chi connectivity index (χ3n) is 3.77. The highest BCUT2D eigenvalue weighted by Crippen LogP contribution is 2.38. The maximum Gasteiger partial charge on any atom is 0.269 e. The van der Waals surface area contributed by atoms with Gasteiger partial charge in [-0.25, -0.2) is 18.4 Å². The number of nitrogens with one attached hydrogen (secondary N) is 1. The fourth-order valence-corrected chi connectivity index (χ4v) is 4.11. The van der Waals surface area contributed by atoms with E-state index in [2.05, 4.69) is 15.3 Å². The summed E-state index contributed by atoms with van der Waals surface area (Å²) in [5, 5.41) is 2.52. The van der Waals surface area contributed by atoms with Gasteiger partial charge in [-0.3, -0.25) is 4.79 Å². The zero-order valence-corrected chi connectivity index (χ0v) is 13.5. The molecule has 0 bridgehead atoms. The Morgan fingerprint density at radius 2 is 2.10 bits per heavy atom. The third-order valence-corrected chi connectivity index (χ3v) is 5.16. The fraction of sp³-hybridized carbons (Fsp3) is 0.615. The Balaban J connectivity index is 2.54. The van der Waals surface area contributed by atoms with E-state index in [1.165, 1.54) is 17.6 Å². The smallest absolute Gasteiger partial charge is 0.269 e. The Hall–Kier alpha value is -1.54. The SMILES string of the molecule is CNC(=O)c1cc(C)nc([C@]2(C)CCCN2S(C)(=O)=O)n1. The summed E-state index contributed by atoms with van der Waals surface area (Å²) in [6.45, 7) is 4.02. The van der Waals surface area contributed by atoms with E-state index in [4.69, 9.17) is 0 Å². The van der Waals surface area contributed by atoms with Crippen molar-refractivity contribution in [2.24, 2.45) is 0 Å². The Kier molecular flexibility index (Phi) is 4.03. The first-order valence-corrected chi connectivity index (χ1v) is 8.59. The van der Waals surface area contributed by atoms with Crippen LogP contribution in [-0.2, 0) is 15.6 Å². The maximum absolute atomic E-state index is 12.0. The van der Waals surface area contributed by atoms with Gasteiger partial charge in [-0.1, -0.05) is 0 Å². The molecule has 0 saturated carbocycles. The summed E-state index contributed by atoms with van der Waals surface area (Å²) in [5.74, 6) is 0.0678. The molecule has 0 unspecified atom stereocenters. The van der Waals surface area contributed by atoms with Gasteiger partial charge >= 0.3 is 0 Å². The minimum atomic E-state index is -3.36. The number of aromatic nitrogens is 2. The summed E-state index contributed by atoms with van der Waals surface area (Å²) in [6.07, 6.45) is 2.57. The van der Waals surface area contributed by atoms with Crippen LogP contribution >= 0.6 is 0 Å². The molecule has 1 atom stereocenters. The van der Waals surface area contributed by atoms with Crippen LogP contribution in [0.5, 0.6) is 0 Å². The number of hydrogen-bond acceptors (Lipinski definition) is 5. The van der Waals surface area contributed by atoms with Crippen LogP contribution in [0, 0.1) is 6.92 Å². The molecule has 2 rings (SSSR count). The third kappa shape index (κ3) is 2.91. The second kappa shape index (κ2) is 5.34. The molecule has 1 aliphatic rings. The Bertz CT molecular complexity index is 674. The highest BCUT2D eigenvalue weighted by atomic mass is 32.2. The zero-order valence-electron chi connectivity index (χ0n) is 12.7. The molecule has 0 radical (unpaired) electrons. The van der Waals surface area contributed by atoms with Crippen molar-refractivity contribution >= 4 is 15.9 Å². The highest BCUT2D eigenvalue weighted by Gasteiger charge is 2.45. The second-order valence-electron chi connectivity index (χ2n) is 5.51. The van der Waals surface area contributed by atoms with E-state index < -0.39 is 15.6 Å². The van der Waals surface area contributed by atoms with Crippen LogP contribution in [0.15, 0.2) is 6.07 Å². The van der Waals surface area contributed by atoms with E-state index >= 15 is 0 Å². The van der Waals surface area contributed by atoms with Crippen molar-refractivity contribution in [3.05, 3.63) is 23.3 Å². The Morgan fingerprint density at radius 1 is 1.43 bits per heavy atom. The van der Waals surface area contributed by atoms with E-state index in [0.717, 1.165) is 6.42 Å². The zero-order chi connectivity index (χ0) is 15.8. The van der Waals surface area contributed by atoms with E-state index in [0.29, 0.717) is 24.5 Å². The van der Waals surface area contributed by atoms with Gasteiger partial charge in [-0.15, -0.1) is 0 Å². The summed E-state index contributed by atoms with van der Waals surface area (Å²) in [6, 6.07) is 1.59. The van der Waals surface area contributed by atoms with Gasteiger partial charge in [-0.05, 0) is 32.8 Å². The minimum absolute atomic E-state index is 0.251. The topological polar surface area (TPSA) is 92.3 Å². The van der Waals surface area contributed by atoms with Crippen molar-refractivity contribution in [3.63, 3.8) is 0 Å². The predicted molar refractivity (Wildman–Crippen MR) is 78.3 cm³/mol. The number of rotatable bonds is 3. The Labute approximate surface area is 124 Å². The molecule has 1 saturated heterocycles. The number of aryl methyl sites for hydroxylation is 1. The van der Waals surface area contributed by atoms with Crippen LogP contribution in [0.2, 0.25) is 0 Å². The lowest BCUT2D eigenvalue weighted by atomic mass is 9.99. The molecule has 8 heteroatoms. The molecule has 21 heavy (non-hydrogen) atoms. The lowest BCUT2D eigenvalue weighted by molar-refractivity contribution is 0.0957. The van der Waals surface area contributed by atoms with E-state index in [1.807, 2.05) is 6.92 Å². The van der Waals surface area contributed by atoms with Gasteiger partial charge < -0.3 is 5.32 Å². The van der Waals surface area contributed by atoms with Crippen LogP contribution in [0.1, 0.15) is 41.8 Å². The molecule has 116 valence electrons. The van der Waals surface area contributed by atoms with Gasteiger partial charge in [0.15, 0.2) is 0 Å². The number of nitrogens with zero attached hydrogens (tertiary/aromatic N) is 3. The molecule has 2 heterocycles. The van der Waals surface area contributed by atoms with Gasteiger partial charge in [0.2, 0.25) is 10.0 Å². The minimum Gasteiger partial charge on any atom is -0.354 e. The molecule has 1 amide bonds. The lowest BCUT2D eigenvalue weighted by Crippen LogP contribution is -2.43. The average molecular weight is 312 g/mol. The van der Waals surface area contributed by atoms with E-state index in [9.17, 15) is 13.2 Å². The molecule has 1 aromatic heterocycles. The summed E-state index contributed by atoms with van der Waals surface area (Å²) >= 11 is 0. The number of carbonyl (C=O) groups is 1. The molecule has 1 N–H and O–H groups in total. The molecule has 0 spiro atoms. The number of hydrogen-bond donors (Lipinski definition) is 1. The van der Waals surface area contributed by atoms with Gasteiger partial charge in [0.05, 0.1) is 11.8 Å². The van der Waals surface area contributed by atoms with Crippen molar-refractivity contribution in [2.45, 2.75) is 32.2 Å². The summed E-state index contributed by atoms with van der Waals surface area (Å²) < 4.78 is 25.4. The molecule has 0 aromatic carbocycles. The molecule has 0 aliphatic carbocycles. The highest BCUT2D eigenvalue weighted by molar-refractivity contribution is 7.88. The molecular weight excluding hydrogens is 292 g/mol. The first kappa shape index (κ1) is 15.8. The van der Waals surface area contributed by atoms with Crippen LogP contribution < -0.4 is 5.32 Å². The summed E-state index contributed by atoms with van der Waals surface area (Å²) in [7, 11) is -1.83. The number of sulfonamides is 1. The maximum atomic E-state index is 12.0. The van der Waals surface area contributed by atoms with Gasteiger partial charge in [0.1, 0.15) is 11.5 Å². The van der Waals surface area contributed by atoms with Crippen molar-refractivity contribution in [1.29, 1.82) is 0 Å². The van der Waals surface area contributed by atoms with Crippen LogP contribution in [0.3, 0.4) is 0 Å². The quantitative estimate of drug-likeness (QED) is 0.873. The molecule has 1 fully saturated rings. The predicted octanol–water partition coefficient (Wildman–Crippen LogP) is 0.415. The molecule has 7 nitrogen and oxygen atoms in total. The van der Waals surface area contributed by atoms with Gasteiger partial charge in [-0.2, -0.15) is 4.31 Å². The average Bonchev–Trinajstić information content (AvgIpc) is 2.80. The molecular formula is C13H20N4O3S. The van der Waals surface area contributed by atoms with E-state index in [1.54, 1.807) is 13.0 Å². The van der Waals surface area contributed by atoms with Crippen molar-refractivity contribution in [3.8, 4) is 0 Å². The second-order valence-corrected chi connectivity index (χ2v) is 7.42. The van der Waals surface area contributed by atoms with Crippen LogP contribution in [-0.4, -0.2) is 48.4 Å². The number of carbonyl (C=O) groups excluding carboxylic acids is 1. The first-order valence-electron chi connectivity index (χ1n) is 6.74. The summed E-state index contributed by atoms with van der Waals surface area (Å²) in [4.78, 5) is 20.4. The largest absolute Gasteiger partial charge is 0.354 e. The standard InChI is InChI=1S/C13H20N4O3S/c1-9-8-10(11(18)14-3)16-12(15-9)13(2)6-5-7-17(13)21(4,19)20/h8H,5-7H2,1-4H3,(H,14,18)/t13-/m0/s1. The van der Waals surface area contributed by atoms with Crippen LogP contribution in [0.4, 0.5) is 0 Å². The van der Waals surface area contributed by atoms with Gasteiger partial charge in [0, 0.05) is 19.3 Å². The fourth-order valence-electron chi connectivity index (χ4n) is 2.75. The molecule has 1 aliphatic heterocycles. The number of amides is 1. The van der Waals surface area contributed by atoms with Crippen molar-refractivity contribution in [1.82, 2.24) is 19.6 Å². The first-order chi connectivity index (χ1) is 9.68. The van der Waals surface area contributed by atoms with Gasteiger partial charge in [0.25, 0.3) is 5.91 Å². The monoisotopic (exact) mass is 312 g/mol. The molecule has 1 aromatic rings. The van der Waals surface area contributed by atoms with Crippen molar-refractivity contribution < 1.29 is 13.2 Å². The normalized spacial score (nSPS) is 23.2. The summed E-state index contributed by atoms with van der Waals surface area (Å²) in [5.41, 5.74) is 0.0873. The van der Waals surface area contributed by atoms with E-state index in [-0.39, 0.29) is 11.6 Å². The van der Waals surface area contributed by atoms with Crippen LogP contribution in [0.25, 0.3) is 0 Å². The van der Waals surface area contributed by atoms with Crippen molar-refractivity contribution in [2.75, 3.05) is 19.8 Å². The lowest BCUT2D eigenvalue weighted by Gasteiger charge is -2.32. The Morgan fingerprint density at radius 3 is 2.67 bits per heavy atom.